The summed E-state index contributed by atoms with van der Waals surface area (Å²) in [4.78, 5) is 33.0. The maximum absolute atomic E-state index is 12.9. The van der Waals surface area contributed by atoms with Gasteiger partial charge in [-0.2, -0.15) is 0 Å². The van der Waals surface area contributed by atoms with Crippen LogP contribution in [0, 0.1) is 10.1 Å². The second-order valence-corrected chi connectivity index (χ2v) is 9.87. The Labute approximate surface area is 209 Å². The molecule has 0 bridgehead atoms. The molecule has 1 unspecified atom stereocenters. The van der Waals surface area contributed by atoms with Crippen LogP contribution in [-0.2, 0) is 11.2 Å². The third kappa shape index (κ3) is 6.80. The molecular formula is C26H29N5O3S. The minimum atomic E-state index is -0.428. The maximum Gasteiger partial charge on any atom is 0.269 e. The van der Waals surface area contributed by atoms with E-state index in [1.165, 1.54) is 29.5 Å². The molecule has 3 aromatic rings. The number of hydrogen-bond acceptors (Lipinski definition) is 7. The van der Waals surface area contributed by atoms with Crippen molar-refractivity contribution in [1.29, 1.82) is 0 Å². The lowest BCUT2D eigenvalue weighted by Gasteiger charge is -2.37. The van der Waals surface area contributed by atoms with Crippen LogP contribution in [0.3, 0.4) is 0 Å². The number of nitro groups is 1. The fourth-order valence-corrected chi connectivity index (χ4v) is 4.91. The number of para-hydroxylation sites is 2. The molecule has 0 saturated carbocycles. The first-order valence-corrected chi connectivity index (χ1v) is 12.5. The number of amides is 1. The predicted octanol–water partition coefficient (Wildman–Crippen LogP) is 4.47. The van der Waals surface area contributed by atoms with Gasteiger partial charge in [-0.15, -0.1) is 11.8 Å². The van der Waals surface area contributed by atoms with Crippen molar-refractivity contribution in [1.82, 2.24) is 9.88 Å². The maximum atomic E-state index is 12.9. The topological polar surface area (TPSA) is 91.6 Å². The average Bonchev–Trinajstić information content (AvgIpc) is 2.89. The lowest BCUT2D eigenvalue weighted by molar-refractivity contribution is -0.384. The number of carbonyl (C=O) groups is 1. The molecule has 1 atom stereocenters. The molecular weight excluding hydrogens is 462 g/mol. The normalized spacial score (nSPS) is 14.9. The Morgan fingerprint density at radius 1 is 1.06 bits per heavy atom. The number of thioether (sulfide) groups is 1. The third-order valence-corrected chi connectivity index (χ3v) is 7.18. The monoisotopic (exact) mass is 491 g/mol. The summed E-state index contributed by atoms with van der Waals surface area (Å²) in [6, 6.07) is 18.3. The van der Waals surface area contributed by atoms with Gasteiger partial charge in [0.25, 0.3) is 5.69 Å². The molecule has 182 valence electrons. The molecule has 0 radical (unpaired) electrons. The fourth-order valence-electron chi connectivity index (χ4n) is 4.04. The van der Waals surface area contributed by atoms with E-state index < -0.39 is 4.92 Å². The van der Waals surface area contributed by atoms with E-state index in [0.717, 1.165) is 55.4 Å². The number of nitro benzene ring substituents is 1. The predicted molar refractivity (Wildman–Crippen MR) is 140 cm³/mol. The number of nitrogens with zero attached hydrogens (tertiary/aromatic N) is 4. The number of hydrogen-bond donors (Lipinski definition) is 1. The second kappa shape index (κ2) is 11.8. The highest BCUT2D eigenvalue weighted by Crippen LogP contribution is 2.30. The Balaban J connectivity index is 1.31. The van der Waals surface area contributed by atoms with Crippen LogP contribution in [0.4, 0.5) is 17.1 Å². The smallest absolute Gasteiger partial charge is 0.269 e. The van der Waals surface area contributed by atoms with Crippen molar-refractivity contribution in [3.63, 3.8) is 0 Å². The van der Waals surface area contributed by atoms with Crippen molar-refractivity contribution >= 4 is 34.7 Å². The van der Waals surface area contributed by atoms with Gasteiger partial charge in [0, 0.05) is 62.1 Å². The van der Waals surface area contributed by atoms with Gasteiger partial charge in [-0.1, -0.05) is 12.1 Å². The van der Waals surface area contributed by atoms with Gasteiger partial charge in [0.2, 0.25) is 5.91 Å². The van der Waals surface area contributed by atoms with Gasteiger partial charge in [0.05, 0.1) is 21.5 Å². The summed E-state index contributed by atoms with van der Waals surface area (Å²) in [5.74, 6) is -0.100. The number of non-ortho nitro benzene ring substituents is 1. The zero-order chi connectivity index (χ0) is 24.6. The summed E-state index contributed by atoms with van der Waals surface area (Å²) < 4.78 is 0. The number of nitrogens with one attached hydrogen (secondary N) is 1. The summed E-state index contributed by atoms with van der Waals surface area (Å²) in [5.41, 5.74) is 3.18. The standard InChI is InChI=1S/C26H29N5O3S/c1-20(35-23-8-6-22(7-9-23)31(33)34)26(32)28-24-4-2-3-5-25(24)30-18-16-29(17-19-30)15-12-21-10-13-27-14-11-21/h2-11,13-14,20H,12,15-19H2,1H3,(H,28,32). The lowest BCUT2D eigenvalue weighted by Crippen LogP contribution is -2.47. The molecule has 8 nitrogen and oxygen atoms in total. The molecule has 0 spiro atoms. The van der Waals surface area contributed by atoms with Crippen LogP contribution in [-0.4, -0.2) is 58.7 Å². The molecule has 1 aliphatic heterocycles. The van der Waals surface area contributed by atoms with E-state index in [9.17, 15) is 14.9 Å². The van der Waals surface area contributed by atoms with Gasteiger partial charge in [-0.05, 0) is 55.3 Å². The van der Waals surface area contributed by atoms with E-state index in [4.69, 9.17) is 0 Å². The van der Waals surface area contributed by atoms with E-state index in [1.54, 1.807) is 12.1 Å². The average molecular weight is 492 g/mol. The van der Waals surface area contributed by atoms with Gasteiger partial charge in [-0.25, -0.2) is 0 Å². The molecule has 1 aromatic heterocycles. The molecule has 0 aliphatic carbocycles. The molecule has 9 heteroatoms. The van der Waals surface area contributed by atoms with Crippen molar-refractivity contribution in [3.05, 3.63) is 88.7 Å². The fraction of sp³-hybridized carbons (Fsp3) is 0.308. The molecule has 4 rings (SSSR count). The zero-order valence-electron chi connectivity index (χ0n) is 19.7. The van der Waals surface area contributed by atoms with E-state index in [-0.39, 0.29) is 16.8 Å². The largest absolute Gasteiger partial charge is 0.367 e. The highest BCUT2D eigenvalue weighted by atomic mass is 32.2. The van der Waals surface area contributed by atoms with Gasteiger partial charge in [0.1, 0.15) is 0 Å². The van der Waals surface area contributed by atoms with Crippen LogP contribution in [0.2, 0.25) is 0 Å². The zero-order valence-corrected chi connectivity index (χ0v) is 20.5. The Hall–Kier alpha value is -3.43. The number of rotatable bonds is 9. The van der Waals surface area contributed by atoms with E-state index in [0.29, 0.717) is 0 Å². The minimum absolute atomic E-state index is 0.0397. The number of piperazine rings is 1. The highest BCUT2D eigenvalue weighted by molar-refractivity contribution is 8.00. The number of pyridine rings is 1. The van der Waals surface area contributed by atoms with E-state index in [1.807, 2.05) is 37.5 Å². The summed E-state index contributed by atoms with van der Waals surface area (Å²) in [7, 11) is 0. The Kier molecular flexibility index (Phi) is 8.33. The summed E-state index contributed by atoms with van der Waals surface area (Å²) in [6.07, 6.45) is 4.69. The first-order chi connectivity index (χ1) is 17.0. The molecule has 1 aliphatic rings. The molecule has 1 fully saturated rings. The van der Waals surface area contributed by atoms with E-state index in [2.05, 4.69) is 38.3 Å². The molecule has 1 amide bonds. The third-order valence-electron chi connectivity index (χ3n) is 6.07. The summed E-state index contributed by atoms with van der Waals surface area (Å²) in [6.45, 7) is 6.60. The SMILES string of the molecule is CC(Sc1ccc([N+](=O)[O-])cc1)C(=O)Nc1ccccc1N1CCN(CCc2ccncc2)CC1. The Morgan fingerprint density at radius 2 is 1.74 bits per heavy atom. The van der Waals surface area contributed by atoms with Crippen LogP contribution in [0.1, 0.15) is 12.5 Å². The van der Waals surface area contributed by atoms with Gasteiger partial charge >= 0.3 is 0 Å². The summed E-state index contributed by atoms with van der Waals surface area (Å²) >= 11 is 1.38. The molecule has 2 aromatic carbocycles. The number of carbonyl (C=O) groups excluding carboxylic acids is 1. The number of benzene rings is 2. The second-order valence-electron chi connectivity index (χ2n) is 8.45. The Morgan fingerprint density at radius 3 is 2.43 bits per heavy atom. The summed E-state index contributed by atoms with van der Waals surface area (Å²) in [5, 5.41) is 13.6. The van der Waals surface area contributed by atoms with Gasteiger partial charge in [-0.3, -0.25) is 24.8 Å². The number of anilines is 2. The van der Waals surface area contributed by atoms with Crippen molar-refractivity contribution in [2.45, 2.75) is 23.5 Å². The quantitative estimate of drug-likeness (QED) is 0.268. The molecule has 1 saturated heterocycles. The van der Waals surface area contributed by atoms with E-state index >= 15 is 0 Å². The van der Waals surface area contributed by atoms with Crippen LogP contribution in [0.5, 0.6) is 0 Å². The number of aromatic nitrogens is 1. The van der Waals surface area contributed by atoms with Crippen molar-refractivity contribution in [2.75, 3.05) is 42.9 Å². The Bertz CT molecular complexity index is 1140. The van der Waals surface area contributed by atoms with Crippen LogP contribution in [0.25, 0.3) is 0 Å². The van der Waals surface area contributed by atoms with Crippen molar-refractivity contribution in [2.24, 2.45) is 0 Å². The molecule has 2 heterocycles. The molecule has 35 heavy (non-hydrogen) atoms. The van der Waals surface area contributed by atoms with Gasteiger partial charge < -0.3 is 10.2 Å². The highest BCUT2D eigenvalue weighted by Gasteiger charge is 2.21. The lowest BCUT2D eigenvalue weighted by atomic mass is 10.1. The molecule has 1 N–H and O–H groups in total. The minimum Gasteiger partial charge on any atom is -0.367 e. The van der Waals surface area contributed by atoms with Crippen molar-refractivity contribution in [3.8, 4) is 0 Å². The van der Waals surface area contributed by atoms with Crippen LogP contribution in [0.15, 0.2) is 78.0 Å². The van der Waals surface area contributed by atoms with Gasteiger partial charge in [0.15, 0.2) is 0 Å². The van der Waals surface area contributed by atoms with Crippen LogP contribution >= 0.6 is 11.8 Å². The van der Waals surface area contributed by atoms with Crippen molar-refractivity contribution < 1.29 is 9.72 Å². The first-order valence-electron chi connectivity index (χ1n) is 11.7. The van der Waals surface area contributed by atoms with Crippen LogP contribution < -0.4 is 10.2 Å². The first kappa shape index (κ1) is 24.7.